The Bertz CT molecular complexity index is 143. The minimum atomic E-state index is -0.0524. The molecule has 0 unspecified atom stereocenters. The van der Waals surface area contributed by atoms with Crippen molar-refractivity contribution in [3.63, 3.8) is 0 Å². The normalized spacial score (nSPS) is 11.3. The van der Waals surface area contributed by atoms with Gasteiger partial charge in [-0.3, -0.25) is 4.79 Å². The maximum atomic E-state index is 11.2. The lowest BCUT2D eigenvalue weighted by molar-refractivity contribution is -0.122. The quantitative estimate of drug-likeness (QED) is 0.664. The molecule has 0 radical (unpaired) electrons. The largest absolute Gasteiger partial charge is 0.351 e. The molecule has 0 atom stereocenters. The topological polar surface area (TPSA) is 29.1 Å². The van der Waals surface area contributed by atoms with Crippen LogP contribution in [0.3, 0.4) is 0 Å². The standard InChI is InChI=1S/C9H18ClNO/c1-4-9(3,5-2)11-8(12)6-7-10/h4-7H2,1-3H3,(H,11,12). The minimum Gasteiger partial charge on any atom is -0.351 e. The van der Waals surface area contributed by atoms with Crippen LogP contribution in [-0.2, 0) is 4.79 Å². The van der Waals surface area contributed by atoms with Crippen molar-refractivity contribution in [2.45, 2.75) is 45.6 Å². The predicted octanol–water partition coefficient (Wildman–Crippen LogP) is 2.31. The van der Waals surface area contributed by atoms with Crippen LogP contribution in [0.25, 0.3) is 0 Å². The Hall–Kier alpha value is -0.240. The first-order valence-corrected chi connectivity index (χ1v) is 4.98. The van der Waals surface area contributed by atoms with Crippen molar-refractivity contribution in [1.29, 1.82) is 0 Å². The van der Waals surface area contributed by atoms with E-state index in [1.54, 1.807) is 0 Å². The van der Waals surface area contributed by atoms with Crippen LogP contribution in [0.1, 0.15) is 40.0 Å². The number of hydrogen-bond acceptors (Lipinski definition) is 1. The van der Waals surface area contributed by atoms with E-state index in [1.807, 2.05) is 0 Å². The van der Waals surface area contributed by atoms with Crippen LogP contribution in [0.4, 0.5) is 0 Å². The van der Waals surface area contributed by atoms with Crippen LogP contribution in [-0.4, -0.2) is 17.3 Å². The van der Waals surface area contributed by atoms with Gasteiger partial charge in [-0.05, 0) is 19.8 Å². The Morgan fingerprint density at radius 1 is 1.42 bits per heavy atom. The molecule has 0 rings (SSSR count). The van der Waals surface area contributed by atoms with E-state index in [0.29, 0.717) is 12.3 Å². The second-order valence-electron chi connectivity index (χ2n) is 3.25. The van der Waals surface area contributed by atoms with Crippen molar-refractivity contribution >= 4 is 17.5 Å². The summed E-state index contributed by atoms with van der Waals surface area (Å²) in [6.45, 7) is 6.20. The van der Waals surface area contributed by atoms with Gasteiger partial charge in [0, 0.05) is 17.8 Å². The molecule has 2 nitrogen and oxygen atoms in total. The third-order valence-electron chi connectivity index (χ3n) is 2.32. The molecule has 72 valence electrons. The molecule has 12 heavy (non-hydrogen) atoms. The van der Waals surface area contributed by atoms with Gasteiger partial charge in [0.1, 0.15) is 0 Å². The molecular formula is C9H18ClNO. The Morgan fingerprint density at radius 3 is 2.25 bits per heavy atom. The lowest BCUT2D eigenvalue weighted by Crippen LogP contribution is -2.44. The van der Waals surface area contributed by atoms with Crippen LogP contribution in [0.5, 0.6) is 0 Å². The van der Waals surface area contributed by atoms with Crippen molar-refractivity contribution in [2.75, 3.05) is 5.88 Å². The molecular weight excluding hydrogens is 174 g/mol. The van der Waals surface area contributed by atoms with Crippen LogP contribution in [0, 0.1) is 0 Å². The average molecular weight is 192 g/mol. The first-order valence-electron chi connectivity index (χ1n) is 4.45. The molecule has 0 aromatic heterocycles. The molecule has 0 spiro atoms. The van der Waals surface area contributed by atoms with Crippen molar-refractivity contribution in [2.24, 2.45) is 0 Å². The van der Waals surface area contributed by atoms with E-state index >= 15 is 0 Å². The van der Waals surface area contributed by atoms with E-state index in [9.17, 15) is 4.79 Å². The first-order chi connectivity index (χ1) is 5.58. The summed E-state index contributed by atoms with van der Waals surface area (Å²) < 4.78 is 0. The van der Waals surface area contributed by atoms with Crippen LogP contribution < -0.4 is 5.32 Å². The summed E-state index contributed by atoms with van der Waals surface area (Å²) in [5.74, 6) is 0.450. The number of halogens is 1. The van der Waals surface area contributed by atoms with Gasteiger partial charge >= 0.3 is 0 Å². The Balaban J connectivity index is 3.93. The zero-order valence-electron chi connectivity index (χ0n) is 8.11. The first kappa shape index (κ1) is 11.8. The molecule has 0 bridgehead atoms. The fraction of sp³-hybridized carbons (Fsp3) is 0.889. The summed E-state index contributed by atoms with van der Waals surface area (Å²) in [4.78, 5) is 11.2. The summed E-state index contributed by atoms with van der Waals surface area (Å²) in [5.41, 5.74) is -0.0524. The third-order valence-corrected chi connectivity index (χ3v) is 2.51. The van der Waals surface area contributed by atoms with E-state index in [2.05, 4.69) is 26.1 Å². The van der Waals surface area contributed by atoms with Gasteiger partial charge in [-0.25, -0.2) is 0 Å². The fourth-order valence-corrected chi connectivity index (χ4v) is 1.08. The maximum absolute atomic E-state index is 11.2. The fourth-order valence-electron chi connectivity index (χ4n) is 0.912. The summed E-state index contributed by atoms with van der Waals surface area (Å²) in [6.07, 6.45) is 2.33. The van der Waals surface area contributed by atoms with Gasteiger partial charge in [-0.1, -0.05) is 13.8 Å². The van der Waals surface area contributed by atoms with Gasteiger partial charge in [-0.2, -0.15) is 0 Å². The third kappa shape index (κ3) is 3.96. The van der Waals surface area contributed by atoms with Gasteiger partial charge in [-0.15, -0.1) is 11.6 Å². The molecule has 1 amide bonds. The van der Waals surface area contributed by atoms with Crippen molar-refractivity contribution in [3.05, 3.63) is 0 Å². The van der Waals surface area contributed by atoms with Gasteiger partial charge in [0.25, 0.3) is 0 Å². The summed E-state index contributed by atoms with van der Waals surface area (Å²) >= 11 is 5.45. The molecule has 0 aromatic carbocycles. The maximum Gasteiger partial charge on any atom is 0.221 e. The SMILES string of the molecule is CCC(C)(CC)NC(=O)CCCl. The number of alkyl halides is 1. The van der Waals surface area contributed by atoms with Gasteiger partial charge in [0.05, 0.1) is 0 Å². The predicted molar refractivity (Wildman–Crippen MR) is 52.5 cm³/mol. The molecule has 0 heterocycles. The number of amides is 1. The van der Waals surface area contributed by atoms with Crippen LogP contribution in [0.2, 0.25) is 0 Å². The van der Waals surface area contributed by atoms with Crippen LogP contribution >= 0.6 is 11.6 Å². The highest BCUT2D eigenvalue weighted by Gasteiger charge is 2.20. The van der Waals surface area contributed by atoms with E-state index in [0.717, 1.165) is 12.8 Å². The highest BCUT2D eigenvalue weighted by molar-refractivity contribution is 6.18. The Kier molecular flexibility index (Phi) is 5.31. The smallest absolute Gasteiger partial charge is 0.221 e. The Morgan fingerprint density at radius 2 is 1.92 bits per heavy atom. The number of rotatable bonds is 5. The molecule has 0 fully saturated rings. The van der Waals surface area contributed by atoms with Crippen molar-refractivity contribution < 1.29 is 4.79 Å². The summed E-state index contributed by atoms with van der Waals surface area (Å²) in [7, 11) is 0. The van der Waals surface area contributed by atoms with Crippen LogP contribution in [0.15, 0.2) is 0 Å². The zero-order chi connectivity index (χ0) is 9.61. The van der Waals surface area contributed by atoms with Gasteiger partial charge < -0.3 is 5.32 Å². The Labute approximate surface area is 79.7 Å². The number of carbonyl (C=O) groups excluding carboxylic acids is 1. The average Bonchev–Trinajstić information content (AvgIpc) is 2.05. The van der Waals surface area contributed by atoms with E-state index in [1.165, 1.54) is 0 Å². The van der Waals surface area contributed by atoms with Crippen molar-refractivity contribution in [3.8, 4) is 0 Å². The molecule has 0 saturated heterocycles. The molecule has 1 N–H and O–H groups in total. The monoisotopic (exact) mass is 191 g/mol. The highest BCUT2D eigenvalue weighted by atomic mass is 35.5. The van der Waals surface area contributed by atoms with Crippen molar-refractivity contribution in [1.82, 2.24) is 5.32 Å². The second-order valence-corrected chi connectivity index (χ2v) is 3.63. The lowest BCUT2D eigenvalue weighted by Gasteiger charge is -2.28. The van der Waals surface area contributed by atoms with E-state index in [4.69, 9.17) is 11.6 Å². The molecule has 0 aliphatic heterocycles. The van der Waals surface area contributed by atoms with Gasteiger partial charge in [0.15, 0.2) is 0 Å². The van der Waals surface area contributed by atoms with E-state index < -0.39 is 0 Å². The van der Waals surface area contributed by atoms with Gasteiger partial charge in [0.2, 0.25) is 5.91 Å². The number of carbonyl (C=O) groups is 1. The second kappa shape index (κ2) is 5.41. The molecule has 0 aromatic rings. The molecule has 3 heteroatoms. The lowest BCUT2D eigenvalue weighted by atomic mass is 9.95. The zero-order valence-corrected chi connectivity index (χ0v) is 8.87. The summed E-state index contributed by atoms with van der Waals surface area (Å²) in [5, 5.41) is 2.97. The molecule has 0 saturated carbocycles. The number of hydrogen-bond donors (Lipinski definition) is 1. The minimum absolute atomic E-state index is 0.0520. The molecule has 0 aliphatic carbocycles. The number of nitrogens with one attached hydrogen (secondary N) is 1. The van der Waals surface area contributed by atoms with E-state index in [-0.39, 0.29) is 11.4 Å². The highest BCUT2D eigenvalue weighted by Crippen LogP contribution is 2.13. The summed E-state index contributed by atoms with van der Waals surface area (Å²) in [6, 6.07) is 0. The molecule has 0 aliphatic rings.